The molecular formula is C13H19FN2O5S. The number of anilines is 1. The zero-order valence-corrected chi connectivity index (χ0v) is 13.4. The molecule has 0 bridgehead atoms. The fraction of sp³-hybridized carbons (Fsp3) is 0.615. The third-order valence-electron chi connectivity index (χ3n) is 2.88. The molecule has 1 aromatic heterocycles. The second-order valence-electron chi connectivity index (χ2n) is 5.65. The number of hydrogen-bond donors (Lipinski definition) is 1. The molecule has 1 saturated heterocycles. The molecule has 2 heterocycles. The fourth-order valence-corrected chi connectivity index (χ4v) is 2.21. The maximum Gasteiger partial charge on any atom is 0.307 e. The lowest BCUT2D eigenvalue weighted by molar-refractivity contribution is -0.170. The van der Waals surface area contributed by atoms with Crippen molar-refractivity contribution in [1.29, 1.82) is 0 Å². The van der Waals surface area contributed by atoms with Crippen LogP contribution < -0.4 is 9.50 Å². The summed E-state index contributed by atoms with van der Waals surface area (Å²) in [5.74, 6) is -0.916. The number of nitrogens with one attached hydrogen (secondary N) is 1. The van der Waals surface area contributed by atoms with E-state index in [0.717, 1.165) is 18.4 Å². The van der Waals surface area contributed by atoms with Crippen molar-refractivity contribution in [2.24, 2.45) is 0 Å². The van der Waals surface area contributed by atoms with Crippen LogP contribution in [0.4, 0.5) is 10.2 Å². The van der Waals surface area contributed by atoms with Crippen molar-refractivity contribution in [1.82, 2.24) is 4.98 Å². The highest BCUT2D eigenvalue weighted by molar-refractivity contribution is 7.86. The van der Waals surface area contributed by atoms with Crippen LogP contribution >= 0.6 is 0 Å². The topological polar surface area (TPSA) is 86.8 Å². The van der Waals surface area contributed by atoms with Gasteiger partial charge in [-0.15, -0.1) is 0 Å². The lowest BCUT2D eigenvalue weighted by Gasteiger charge is -2.35. The molecule has 0 aromatic carbocycles. The number of pyridine rings is 1. The number of halogens is 1. The van der Waals surface area contributed by atoms with Gasteiger partial charge in [-0.3, -0.25) is 0 Å². The Morgan fingerprint density at radius 1 is 1.50 bits per heavy atom. The second kappa shape index (κ2) is 6.35. The first kappa shape index (κ1) is 16.9. The summed E-state index contributed by atoms with van der Waals surface area (Å²) in [6.07, 6.45) is 0.647. The average Bonchev–Trinajstić information content (AvgIpc) is 2.39. The van der Waals surface area contributed by atoms with Crippen LogP contribution in [0.5, 0.6) is 5.88 Å². The van der Waals surface area contributed by atoms with Gasteiger partial charge in [0.25, 0.3) is 0 Å². The maximum absolute atomic E-state index is 13.7. The van der Waals surface area contributed by atoms with Gasteiger partial charge in [0.15, 0.2) is 11.6 Å². The van der Waals surface area contributed by atoms with E-state index in [4.69, 9.17) is 9.47 Å². The molecule has 1 N–H and O–H groups in total. The van der Waals surface area contributed by atoms with Crippen molar-refractivity contribution in [2.75, 3.05) is 31.3 Å². The first-order valence-corrected chi connectivity index (χ1v) is 8.52. The third-order valence-corrected chi connectivity index (χ3v) is 3.35. The summed E-state index contributed by atoms with van der Waals surface area (Å²) in [7, 11) is -3.71. The van der Waals surface area contributed by atoms with Crippen LogP contribution in [0.2, 0.25) is 0 Å². The van der Waals surface area contributed by atoms with Crippen LogP contribution in [-0.2, 0) is 19.6 Å². The van der Waals surface area contributed by atoms with Crippen molar-refractivity contribution < 1.29 is 26.5 Å². The smallest absolute Gasteiger partial charge is 0.307 e. The van der Waals surface area contributed by atoms with E-state index >= 15 is 0 Å². The minimum Gasteiger partial charge on any atom is -0.371 e. The molecule has 0 radical (unpaired) electrons. The summed E-state index contributed by atoms with van der Waals surface area (Å²) in [6.45, 7) is 4.93. The van der Waals surface area contributed by atoms with Crippen LogP contribution in [0, 0.1) is 5.82 Å². The maximum atomic E-state index is 13.7. The van der Waals surface area contributed by atoms with Crippen molar-refractivity contribution in [2.45, 2.75) is 25.6 Å². The van der Waals surface area contributed by atoms with Gasteiger partial charge < -0.3 is 19.0 Å². The molecule has 22 heavy (non-hydrogen) atoms. The lowest BCUT2D eigenvalue weighted by Crippen LogP contribution is -2.44. The lowest BCUT2D eigenvalue weighted by atomic mass is 10.1. The molecule has 0 amide bonds. The summed E-state index contributed by atoms with van der Waals surface area (Å²) < 4.78 is 51.6. The van der Waals surface area contributed by atoms with Gasteiger partial charge in [0.2, 0.25) is 5.88 Å². The van der Waals surface area contributed by atoms with Gasteiger partial charge in [-0.05, 0) is 19.9 Å². The highest BCUT2D eigenvalue weighted by atomic mass is 32.2. The summed E-state index contributed by atoms with van der Waals surface area (Å²) in [4.78, 5) is 3.79. The van der Waals surface area contributed by atoms with Crippen LogP contribution in [0.1, 0.15) is 13.8 Å². The van der Waals surface area contributed by atoms with Crippen LogP contribution in [0.25, 0.3) is 0 Å². The van der Waals surface area contributed by atoms with Gasteiger partial charge in [-0.25, -0.2) is 4.39 Å². The van der Waals surface area contributed by atoms with E-state index < -0.39 is 15.9 Å². The van der Waals surface area contributed by atoms with E-state index in [1.54, 1.807) is 0 Å². The molecule has 0 saturated carbocycles. The largest absolute Gasteiger partial charge is 0.371 e. The zero-order valence-electron chi connectivity index (χ0n) is 12.6. The predicted molar refractivity (Wildman–Crippen MR) is 77.9 cm³/mol. The van der Waals surface area contributed by atoms with Crippen LogP contribution in [0.3, 0.4) is 0 Å². The summed E-state index contributed by atoms with van der Waals surface area (Å²) in [6, 6.07) is 2.22. The average molecular weight is 334 g/mol. The van der Waals surface area contributed by atoms with Gasteiger partial charge in [-0.2, -0.15) is 13.4 Å². The van der Waals surface area contributed by atoms with Crippen LogP contribution in [0.15, 0.2) is 12.1 Å². The van der Waals surface area contributed by atoms with E-state index in [1.807, 2.05) is 13.8 Å². The fourth-order valence-electron chi connectivity index (χ4n) is 1.80. The molecule has 1 aromatic rings. The van der Waals surface area contributed by atoms with Crippen LogP contribution in [-0.4, -0.2) is 51.1 Å². The SMILES string of the molecule is CC1(C)COC(CNc2nc(OS(C)(=O)=O)ccc2F)CO1. The minimum atomic E-state index is -3.71. The van der Waals surface area contributed by atoms with E-state index in [9.17, 15) is 12.8 Å². The van der Waals surface area contributed by atoms with Crippen molar-refractivity contribution in [3.63, 3.8) is 0 Å². The van der Waals surface area contributed by atoms with Crippen molar-refractivity contribution in [3.05, 3.63) is 17.9 Å². The molecule has 0 aliphatic carbocycles. The summed E-state index contributed by atoms with van der Waals surface area (Å²) in [5, 5.41) is 2.77. The van der Waals surface area contributed by atoms with Gasteiger partial charge in [0.05, 0.1) is 31.2 Å². The molecule has 1 unspecified atom stereocenters. The Labute approximate surface area is 128 Å². The Morgan fingerprint density at radius 2 is 2.23 bits per heavy atom. The molecule has 1 aliphatic heterocycles. The number of nitrogens with zero attached hydrogens (tertiary/aromatic N) is 1. The van der Waals surface area contributed by atoms with Gasteiger partial charge in [0.1, 0.15) is 0 Å². The van der Waals surface area contributed by atoms with E-state index in [1.165, 1.54) is 0 Å². The third kappa shape index (κ3) is 5.08. The van der Waals surface area contributed by atoms with E-state index in [0.29, 0.717) is 13.2 Å². The molecular weight excluding hydrogens is 315 g/mol. The monoisotopic (exact) mass is 334 g/mol. The first-order valence-electron chi connectivity index (χ1n) is 6.70. The van der Waals surface area contributed by atoms with Gasteiger partial charge >= 0.3 is 10.1 Å². The number of aromatic nitrogens is 1. The molecule has 1 atom stereocenters. The van der Waals surface area contributed by atoms with E-state index in [-0.39, 0.29) is 29.9 Å². The Morgan fingerprint density at radius 3 is 2.82 bits per heavy atom. The van der Waals surface area contributed by atoms with Gasteiger partial charge in [0, 0.05) is 12.6 Å². The Kier molecular flexibility index (Phi) is 4.88. The van der Waals surface area contributed by atoms with E-state index in [2.05, 4.69) is 14.5 Å². The van der Waals surface area contributed by atoms with Crippen molar-refractivity contribution >= 4 is 15.9 Å². The van der Waals surface area contributed by atoms with Gasteiger partial charge in [-0.1, -0.05) is 0 Å². The quantitative estimate of drug-likeness (QED) is 0.809. The second-order valence-corrected chi connectivity index (χ2v) is 7.23. The normalized spacial score (nSPS) is 21.4. The number of rotatable bonds is 5. The Hall–Kier alpha value is -1.45. The molecule has 124 valence electrons. The molecule has 2 rings (SSSR count). The number of hydrogen-bond acceptors (Lipinski definition) is 7. The summed E-state index contributed by atoms with van der Waals surface area (Å²) in [5.41, 5.74) is -0.330. The number of ether oxygens (including phenoxy) is 2. The molecule has 1 aliphatic rings. The molecule has 0 spiro atoms. The highest BCUT2D eigenvalue weighted by Gasteiger charge is 2.28. The highest BCUT2D eigenvalue weighted by Crippen LogP contribution is 2.20. The molecule has 9 heteroatoms. The zero-order chi connectivity index (χ0) is 16.4. The predicted octanol–water partition coefficient (Wildman–Crippen LogP) is 1.16. The summed E-state index contributed by atoms with van der Waals surface area (Å²) >= 11 is 0. The standard InChI is InChI=1S/C13H19FN2O5S/c1-13(2)8-19-9(7-20-13)6-15-12-10(14)4-5-11(16-12)21-22(3,17)18/h4-5,9H,6-8H2,1-3H3,(H,15,16). The van der Waals surface area contributed by atoms with Crippen molar-refractivity contribution in [3.8, 4) is 5.88 Å². The Bertz CT molecular complexity index is 625. The molecule has 7 nitrogen and oxygen atoms in total. The first-order chi connectivity index (χ1) is 10.1. The Balaban J connectivity index is 1.96. The minimum absolute atomic E-state index is 0.102. The molecule has 1 fully saturated rings.